The zero-order valence-corrected chi connectivity index (χ0v) is 21.2. The fourth-order valence-electron chi connectivity index (χ4n) is 8.94. The number of hydrogen-bond donors (Lipinski definition) is 2. The van der Waals surface area contributed by atoms with Crippen LogP contribution in [0.15, 0.2) is 24.3 Å². The molecule has 5 heteroatoms. The van der Waals surface area contributed by atoms with Gasteiger partial charge in [0, 0.05) is 36.6 Å². The Morgan fingerprint density at radius 3 is 2.62 bits per heavy atom. The summed E-state index contributed by atoms with van der Waals surface area (Å²) < 4.78 is 13.3. The Hall–Kier alpha value is -1.56. The maximum Gasteiger partial charge on any atom is 0.165 e. The Labute approximate surface area is 203 Å². The maximum absolute atomic E-state index is 12.2. The van der Waals surface area contributed by atoms with Crippen molar-refractivity contribution in [2.24, 2.45) is 22.7 Å². The Morgan fingerprint density at radius 1 is 1.18 bits per heavy atom. The molecule has 34 heavy (non-hydrogen) atoms. The predicted octanol–water partition coefficient (Wildman–Crippen LogP) is 4.19. The molecule has 0 radical (unpaired) electrons. The largest absolute Gasteiger partial charge is 0.504 e. The number of benzene rings is 1. The van der Waals surface area contributed by atoms with E-state index in [0.29, 0.717) is 11.8 Å². The lowest BCUT2D eigenvalue weighted by Crippen LogP contribution is -2.81. The molecule has 184 valence electrons. The highest BCUT2D eigenvalue weighted by molar-refractivity contribution is 5.65. The summed E-state index contributed by atoms with van der Waals surface area (Å²) in [7, 11) is 1.78. The second kappa shape index (κ2) is 6.22. The van der Waals surface area contributed by atoms with E-state index in [1.54, 1.807) is 7.11 Å². The van der Waals surface area contributed by atoms with Crippen molar-refractivity contribution in [1.82, 2.24) is 4.90 Å². The standard InChI is InChI=1S/C29H39NO4/c1-25(2,3)26(4,32)20-15-27-10-11-29(20,33-5)24-28(27)12-13-30(16-17-6-7-17)21(27)14-18-8-9-19(31)23(34-24)22(18)28/h8-11,17,20-21,24,31-32H,6-7,12-16H2,1-5H3/t20-,21?,24?,26?,27-,28?,29-/m1/s1. The molecule has 4 unspecified atom stereocenters. The number of hydrogen-bond acceptors (Lipinski definition) is 5. The molecule has 7 aliphatic rings. The van der Waals surface area contributed by atoms with Crippen molar-refractivity contribution in [2.75, 3.05) is 20.2 Å². The summed E-state index contributed by atoms with van der Waals surface area (Å²) in [6.45, 7) is 10.6. The minimum atomic E-state index is -0.960. The molecule has 2 heterocycles. The Balaban J connectivity index is 1.49. The van der Waals surface area contributed by atoms with Gasteiger partial charge in [-0.05, 0) is 68.5 Å². The lowest BCUT2D eigenvalue weighted by molar-refractivity contribution is -0.263. The van der Waals surface area contributed by atoms with Crippen LogP contribution in [0.2, 0.25) is 0 Å². The fraction of sp³-hybridized carbons (Fsp3) is 0.724. The van der Waals surface area contributed by atoms with Crippen LogP contribution in [0.1, 0.15) is 64.5 Å². The van der Waals surface area contributed by atoms with Crippen molar-refractivity contribution in [3.8, 4) is 11.5 Å². The first-order valence-electron chi connectivity index (χ1n) is 13.3. The zero-order chi connectivity index (χ0) is 23.9. The molecule has 0 amide bonds. The van der Waals surface area contributed by atoms with Gasteiger partial charge < -0.3 is 19.7 Å². The number of phenols is 1. The van der Waals surface area contributed by atoms with E-state index in [1.807, 2.05) is 13.0 Å². The molecule has 2 spiro atoms. The second-order valence-electron chi connectivity index (χ2n) is 13.4. The monoisotopic (exact) mass is 465 g/mol. The van der Waals surface area contributed by atoms with E-state index in [4.69, 9.17) is 9.47 Å². The van der Waals surface area contributed by atoms with Gasteiger partial charge >= 0.3 is 0 Å². The van der Waals surface area contributed by atoms with Crippen molar-refractivity contribution in [3.63, 3.8) is 0 Å². The van der Waals surface area contributed by atoms with Crippen LogP contribution in [-0.4, -0.2) is 58.7 Å². The minimum Gasteiger partial charge on any atom is -0.504 e. The van der Waals surface area contributed by atoms with E-state index >= 15 is 0 Å². The molecule has 5 aliphatic carbocycles. The third-order valence-corrected chi connectivity index (χ3v) is 11.3. The van der Waals surface area contributed by atoms with Crippen LogP contribution in [0, 0.1) is 22.7 Å². The van der Waals surface area contributed by atoms with Gasteiger partial charge in [0.2, 0.25) is 0 Å². The molecule has 2 saturated carbocycles. The molecule has 1 aromatic carbocycles. The molecule has 1 aromatic rings. The van der Waals surface area contributed by atoms with Gasteiger partial charge in [-0.2, -0.15) is 0 Å². The van der Waals surface area contributed by atoms with Crippen LogP contribution in [0.4, 0.5) is 0 Å². The van der Waals surface area contributed by atoms with Crippen molar-refractivity contribution in [1.29, 1.82) is 0 Å². The van der Waals surface area contributed by atoms with Crippen LogP contribution >= 0.6 is 0 Å². The van der Waals surface area contributed by atoms with E-state index in [9.17, 15) is 10.2 Å². The average molecular weight is 466 g/mol. The summed E-state index contributed by atoms with van der Waals surface area (Å²) in [4.78, 5) is 2.77. The highest BCUT2D eigenvalue weighted by Crippen LogP contribution is 2.76. The van der Waals surface area contributed by atoms with Gasteiger partial charge in [0.15, 0.2) is 11.5 Å². The van der Waals surface area contributed by atoms with Crippen LogP contribution in [0.5, 0.6) is 11.5 Å². The summed E-state index contributed by atoms with van der Waals surface area (Å²) >= 11 is 0. The number of aliphatic hydroxyl groups is 1. The molecule has 3 fully saturated rings. The first kappa shape index (κ1) is 21.7. The molecular weight excluding hydrogens is 426 g/mol. The van der Waals surface area contributed by atoms with Crippen LogP contribution in [0.3, 0.4) is 0 Å². The maximum atomic E-state index is 12.2. The molecule has 2 aliphatic heterocycles. The van der Waals surface area contributed by atoms with Crippen molar-refractivity contribution >= 4 is 0 Å². The zero-order valence-electron chi connectivity index (χ0n) is 21.2. The normalized spacial score (nSPS) is 43.4. The van der Waals surface area contributed by atoms with Crippen molar-refractivity contribution in [3.05, 3.63) is 35.4 Å². The van der Waals surface area contributed by atoms with Crippen molar-refractivity contribution < 1.29 is 19.7 Å². The summed E-state index contributed by atoms with van der Waals surface area (Å²) in [6, 6.07) is 4.33. The van der Waals surface area contributed by atoms with Gasteiger partial charge in [0.25, 0.3) is 0 Å². The average Bonchev–Trinajstić information content (AvgIpc) is 3.53. The summed E-state index contributed by atoms with van der Waals surface area (Å²) in [6.07, 6.45) is 10.0. The molecule has 2 N–H and O–H groups in total. The summed E-state index contributed by atoms with van der Waals surface area (Å²) in [5, 5.41) is 23.1. The third-order valence-electron chi connectivity index (χ3n) is 11.3. The Bertz CT molecular complexity index is 1100. The SMILES string of the molecule is CO[C@]12C=C[C@@]3(C[C@@H]1C(C)(O)C(C)(C)C)C1Cc4ccc(O)c5c4C3(CCN1CC1CC1)C2O5. The van der Waals surface area contributed by atoms with E-state index in [-0.39, 0.29) is 34.0 Å². The van der Waals surface area contributed by atoms with Crippen LogP contribution in [-0.2, 0) is 16.6 Å². The van der Waals surface area contributed by atoms with Gasteiger partial charge in [-0.3, -0.25) is 4.90 Å². The van der Waals surface area contributed by atoms with E-state index in [2.05, 4.69) is 43.9 Å². The van der Waals surface area contributed by atoms with Crippen LogP contribution < -0.4 is 4.74 Å². The van der Waals surface area contributed by atoms with Gasteiger partial charge in [-0.1, -0.05) is 39.0 Å². The Kier molecular flexibility index (Phi) is 3.97. The predicted molar refractivity (Wildman–Crippen MR) is 130 cm³/mol. The molecule has 1 saturated heterocycles. The van der Waals surface area contributed by atoms with Gasteiger partial charge in [-0.25, -0.2) is 0 Å². The molecule has 0 aromatic heterocycles. The lowest BCUT2D eigenvalue weighted by Gasteiger charge is -2.73. The number of fused-ring (bicyclic) bond motifs is 1. The highest BCUT2D eigenvalue weighted by atomic mass is 16.6. The van der Waals surface area contributed by atoms with Crippen molar-refractivity contribution in [2.45, 2.75) is 88.6 Å². The molecule has 4 bridgehead atoms. The number of nitrogens with zero attached hydrogens (tertiary/aromatic N) is 1. The first-order chi connectivity index (χ1) is 16.0. The quantitative estimate of drug-likeness (QED) is 0.653. The number of piperidine rings is 1. The lowest BCUT2D eigenvalue weighted by atomic mass is 9.35. The number of methoxy groups -OCH3 is 1. The highest BCUT2D eigenvalue weighted by Gasteiger charge is 2.81. The number of likely N-dealkylation sites (tertiary alicyclic amines) is 1. The minimum absolute atomic E-state index is 0.116. The molecule has 8 rings (SSSR count). The first-order valence-corrected chi connectivity index (χ1v) is 13.3. The number of ether oxygens (including phenoxy) is 2. The van der Waals surface area contributed by atoms with E-state index in [0.717, 1.165) is 31.7 Å². The van der Waals surface area contributed by atoms with Gasteiger partial charge in [0.1, 0.15) is 11.7 Å². The van der Waals surface area contributed by atoms with E-state index in [1.165, 1.54) is 30.5 Å². The van der Waals surface area contributed by atoms with Gasteiger partial charge in [0.05, 0.1) is 11.0 Å². The molecule has 7 atom stereocenters. The number of aromatic hydroxyl groups is 1. The molecular formula is C29H39NO4. The second-order valence-corrected chi connectivity index (χ2v) is 13.4. The number of rotatable bonds is 4. The number of phenolic OH excluding ortho intramolecular Hbond substituents is 1. The van der Waals surface area contributed by atoms with Crippen LogP contribution in [0.25, 0.3) is 0 Å². The smallest absolute Gasteiger partial charge is 0.165 e. The topological polar surface area (TPSA) is 62.2 Å². The third kappa shape index (κ3) is 2.20. The Morgan fingerprint density at radius 2 is 1.94 bits per heavy atom. The molecule has 5 nitrogen and oxygen atoms in total. The summed E-state index contributed by atoms with van der Waals surface area (Å²) in [5.74, 6) is 1.62. The fourth-order valence-corrected chi connectivity index (χ4v) is 8.94. The van der Waals surface area contributed by atoms with E-state index < -0.39 is 11.2 Å². The van der Waals surface area contributed by atoms with Gasteiger partial charge in [-0.15, -0.1) is 0 Å². The summed E-state index contributed by atoms with van der Waals surface area (Å²) in [5.41, 5.74) is 0.165.